The SMILES string of the molecule is CCc1ccc([C@H](NC(=O)CN(C)CC(=O)Nc2cccc(OC)c2)C(C)C)cc1. The van der Waals surface area contributed by atoms with E-state index >= 15 is 0 Å². The highest BCUT2D eigenvalue weighted by Crippen LogP contribution is 2.22. The van der Waals surface area contributed by atoms with Crippen molar-refractivity contribution in [1.29, 1.82) is 0 Å². The van der Waals surface area contributed by atoms with Crippen LogP contribution in [0.1, 0.15) is 37.9 Å². The molecule has 0 spiro atoms. The first-order valence-electron chi connectivity index (χ1n) is 10.3. The van der Waals surface area contributed by atoms with Gasteiger partial charge in [-0.25, -0.2) is 0 Å². The number of carbonyl (C=O) groups is 2. The Morgan fingerprint density at radius 3 is 2.30 bits per heavy atom. The van der Waals surface area contributed by atoms with E-state index in [1.54, 1.807) is 31.2 Å². The topological polar surface area (TPSA) is 70.7 Å². The summed E-state index contributed by atoms with van der Waals surface area (Å²) in [6.07, 6.45) is 0.988. The number of benzene rings is 2. The molecule has 30 heavy (non-hydrogen) atoms. The van der Waals surface area contributed by atoms with E-state index < -0.39 is 0 Å². The quantitative estimate of drug-likeness (QED) is 0.626. The second-order valence-corrected chi connectivity index (χ2v) is 7.84. The molecule has 2 aromatic carbocycles. The van der Waals surface area contributed by atoms with Gasteiger partial charge in [0.25, 0.3) is 0 Å². The largest absolute Gasteiger partial charge is 0.497 e. The van der Waals surface area contributed by atoms with Crippen molar-refractivity contribution in [3.8, 4) is 5.75 Å². The standard InChI is InChI=1S/C24H33N3O3/c1-6-18-10-12-19(13-11-18)24(17(2)3)26-23(29)16-27(4)15-22(28)25-20-8-7-9-21(14-20)30-5/h7-14,17,24H,6,15-16H2,1-5H3,(H,25,28)(H,26,29)/t24-/m1/s1. The first-order valence-corrected chi connectivity index (χ1v) is 10.3. The molecule has 0 radical (unpaired) electrons. The Labute approximate surface area is 179 Å². The predicted octanol–water partition coefficient (Wildman–Crippen LogP) is 3.64. The Kier molecular flexibility index (Phi) is 8.87. The molecule has 0 saturated carbocycles. The van der Waals surface area contributed by atoms with E-state index in [1.807, 2.05) is 12.1 Å². The lowest BCUT2D eigenvalue weighted by Crippen LogP contribution is -2.41. The number of methoxy groups -OCH3 is 1. The van der Waals surface area contributed by atoms with E-state index in [1.165, 1.54) is 5.56 Å². The van der Waals surface area contributed by atoms with Crippen molar-refractivity contribution in [2.75, 3.05) is 32.6 Å². The zero-order valence-electron chi connectivity index (χ0n) is 18.6. The maximum Gasteiger partial charge on any atom is 0.238 e. The lowest BCUT2D eigenvalue weighted by molar-refractivity contribution is -0.123. The van der Waals surface area contributed by atoms with Crippen LogP contribution in [0.2, 0.25) is 0 Å². The summed E-state index contributed by atoms with van der Waals surface area (Å²) in [4.78, 5) is 26.6. The molecule has 2 N–H and O–H groups in total. The summed E-state index contributed by atoms with van der Waals surface area (Å²) in [6, 6.07) is 15.5. The molecule has 162 valence electrons. The van der Waals surface area contributed by atoms with Crippen molar-refractivity contribution >= 4 is 17.5 Å². The minimum atomic E-state index is -0.186. The molecule has 0 aliphatic rings. The Bertz CT molecular complexity index is 834. The summed E-state index contributed by atoms with van der Waals surface area (Å²) in [5.41, 5.74) is 3.02. The number of nitrogens with zero attached hydrogens (tertiary/aromatic N) is 1. The van der Waals surface area contributed by atoms with Crippen LogP contribution in [0, 0.1) is 5.92 Å². The summed E-state index contributed by atoms with van der Waals surface area (Å²) in [7, 11) is 3.33. The van der Waals surface area contributed by atoms with Crippen LogP contribution in [-0.2, 0) is 16.0 Å². The van der Waals surface area contributed by atoms with Crippen LogP contribution in [0.15, 0.2) is 48.5 Å². The minimum absolute atomic E-state index is 0.0672. The third kappa shape index (κ3) is 7.19. The van der Waals surface area contributed by atoms with Crippen LogP contribution in [0.5, 0.6) is 5.75 Å². The zero-order chi connectivity index (χ0) is 22.1. The number of amides is 2. The van der Waals surface area contributed by atoms with Crippen LogP contribution in [0.4, 0.5) is 5.69 Å². The van der Waals surface area contributed by atoms with E-state index in [2.05, 4.69) is 55.7 Å². The van der Waals surface area contributed by atoms with Gasteiger partial charge in [0.05, 0.1) is 26.2 Å². The van der Waals surface area contributed by atoms with E-state index in [4.69, 9.17) is 4.74 Å². The van der Waals surface area contributed by atoms with E-state index in [-0.39, 0.29) is 36.9 Å². The number of ether oxygens (including phenoxy) is 1. The van der Waals surface area contributed by atoms with Crippen LogP contribution in [-0.4, -0.2) is 44.0 Å². The number of aryl methyl sites for hydroxylation is 1. The van der Waals surface area contributed by atoms with Crippen LogP contribution in [0.25, 0.3) is 0 Å². The molecule has 0 heterocycles. The van der Waals surface area contributed by atoms with Gasteiger partial charge < -0.3 is 15.4 Å². The Balaban J connectivity index is 1.89. The number of likely N-dealkylation sites (N-methyl/N-ethyl adjacent to an activating group) is 1. The van der Waals surface area contributed by atoms with Crippen LogP contribution >= 0.6 is 0 Å². The lowest BCUT2D eigenvalue weighted by Gasteiger charge is -2.25. The van der Waals surface area contributed by atoms with Gasteiger partial charge in [-0.05, 0) is 42.6 Å². The Hall–Kier alpha value is -2.86. The van der Waals surface area contributed by atoms with Crippen molar-refractivity contribution in [3.05, 3.63) is 59.7 Å². The van der Waals surface area contributed by atoms with Gasteiger partial charge in [-0.2, -0.15) is 0 Å². The highest BCUT2D eigenvalue weighted by atomic mass is 16.5. The zero-order valence-corrected chi connectivity index (χ0v) is 18.6. The lowest BCUT2D eigenvalue weighted by atomic mass is 9.95. The van der Waals surface area contributed by atoms with Crippen molar-refractivity contribution in [1.82, 2.24) is 10.2 Å². The molecule has 6 heteroatoms. The van der Waals surface area contributed by atoms with Gasteiger partial charge in [0.1, 0.15) is 5.75 Å². The molecular weight excluding hydrogens is 378 g/mol. The highest BCUT2D eigenvalue weighted by Gasteiger charge is 2.19. The summed E-state index contributed by atoms with van der Waals surface area (Å²) in [5.74, 6) is 0.634. The normalized spacial score (nSPS) is 12.0. The maximum atomic E-state index is 12.6. The van der Waals surface area contributed by atoms with Crippen LogP contribution in [0.3, 0.4) is 0 Å². The fourth-order valence-electron chi connectivity index (χ4n) is 3.26. The number of hydrogen-bond acceptors (Lipinski definition) is 4. The van der Waals surface area contributed by atoms with Gasteiger partial charge >= 0.3 is 0 Å². The average molecular weight is 412 g/mol. The molecule has 0 saturated heterocycles. The number of hydrogen-bond donors (Lipinski definition) is 2. The smallest absolute Gasteiger partial charge is 0.238 e. The molecule has 0 bridgehead atoms. The molecule has 1 atom stereocenters. The maximum absolute atomic E-state index is 12.6. The molecule has 0 aliphatic carbocycles. The average Bonchev–Trinajstić information content (AvgIpc) is 2.71. The van der Waals surface area contributed by atoms with Crippen molar-refractivity contribution in [2.45, 2.75) is 33.2 Å². The van der Waals surface area contributed by atoms with Crippen LogP contribution < -0.4 is 15.4 Å². The van der Waals surface area contributed by atoms with Gasteiger partial charge in [-0.3, -0.25) is 14.5 Å². The van der Waals surface area contributed by atoms with Gasteiger partial charge in [0.2, 0.25) is 11.8 Å². The third-order valence-electron chi connectivity index (χ3n) is 4.91. The van der Waals surface area contributed by atoms with E-state index in [0.29, 0.717) is 11.4 Å². The molecule has 2 aromatic rings. The van der Waals surface area contributed by atoms with Crippen molar-refractivity contribution < 1.29 is 14.3 Å². The summed E-state index contributed by atoms with van der Waals surface area (Å²) in [6.45, 7) is 6.55. The number of anilines is 1. The van der Waals surface area contributed by atoms with Crippen molar-refractivity contribution in [2.24, 2.45) is 5.92 Å². The summed E-state index contributed by atoms with van der Waals surface area (Å²) in [5, 5.41) is 5.93. The van der Waals surface area contributed by atoms with Crippen molar-refractivity contribution in [3.63, 3.8) is 0 Å². The molecule has 0 fully saturated rings. The third-order valence-corrected chi connectivity index (χ3v) is 4.91. The predicted molar refractivity (Wildman–Crippen MR) is 121 cm³/mol. The molecule has 0 aliphatic heterocycles. The van der Waals surface area contributed by atoms with E-state index in [0.717, 1.165) is 12.0 Å². The van der Waals surface area contributed by atoms with Gasteiger partial charge in [0.15, 0.2) is 0 Å². The summed E-state index contributed by atoms with van der Waals surface area (Å²) < 4.78 is 5.16. The van der Waals surface area contributed by atoms with E-state index in [9.17, 15) is 9.59 Å². The highest BCUT2D eigenvalue weighted by molar-refractivity contribution is 5.92. The monoisotopic (exact) mass is 411 g/mol. The fraction of sp³-hybridized carbons (Fsp3) is 0.417. The molecule has 2 rings (SSSR count). The minimum Gasteiger partial charge on any atom is -0.497 e. The second kappa shape index (κ2) is 11.4. The first-order chi connectivity index (χ1) is 14.3. The van der Waals surface area contributed by atoms with Gasteiger partial charge in [-0.15, -0.1) is 0 Å². The molecule has 0 unspecified atom stereocenters. The van der Waals surface area contributed by atoms with Gasteiger partial charge in [-0.1, -0.05) is 51.1 Å². The fourth-order valence-corrected chi connectivity index (χ4v) is 3.26. The Morgan fingerprint density at radius 2 is 1.70 bits per heavy atom. The molecular formula is C24H33N3O3. The number of rotatable bonds is 10. The molecule has 0 aromatic heterocycles. The number of carbonyl (C=O) groups excluding carboxylic acids is 2. The summed E-state index contributed by atoms with van der Waals surface area (Å²) >= 11 is 0. The number of nitrogens with one attached hydrogen (secondary N) is 2. The first kappa shape index (κ1) is 23.4. The Morgan fingerprint density at radius 1 is 1.03 bits per heavy atom. The second-order valence-electron chi connectivity index (χ2n) is 7.84. The molecule has 2 amide bonds. The van der Waals surface area contributed by atoms with Gasteiger partial charge in [0, 0.05) is 11.8 Å². The molecule has 6 nitrogen and oxygen atoms in total.